The molecule has 5 nitrogen and oxygen atoms in total. The normalized spacial score (nSPS) is 12.8. The second-order valence-electron chi connectivity index (χ2n) is 5.10. The van der Waals surface area contributed by atoms with Gasteiger partial charge in [-0.25, -0.2) is 4.68 Å². The third kappa shape index (κ3) is 2.34. The summed E-state index contributed by atoms with van der Waals surface area (Å²) >= 11 is 0. The van der Waals surface area contributed by atoms with Gasteiger partial charge in [0, 0.05) is 12.4 Å². The highest BCUT2D eigenvalue weighted by atomic mass is 15.5. The van der Waals surface area contributed by atoms with Gasteiger partial charge in [-0.3, -0.25) is 4.98 Å². The molecule has 0 aliphatic carbocycles. The van der Waals surface area contributed by atoms with Crippen LogP contribution in [0, 0.1) is 5.92 Å². The molecule has 1 aromatic carbocycles. The smallest absolute Gasteiger partial charge is 0.125 e. The van der Waals surface area contributed by atoms with Crippen LogP contribution in [0.25, 0.3) is 11.0 Å². The molecule has 3 aromatic rings. The van der Waals surface area contributed by atoms with E-state index in [4.69, 9.17) is 0 Å². The van der Waals surface area contributed by atoms with Gasteiger partial charge in [0.15, 0.2) is 0 Å². The molecule has 0 saturated carbocycles. The molecular weight excluding hydrogens is 250 g/mol. The predicted molar refractivity (Wildman–Crippen MR) is 79.3 cm³/mol. The zero-order valence-corrected chi connectivity index (χ0v) is 11.6. The molecule has 0 aliphatic rings. The first-order valence-electron chi connectivity index (χ1n) is 6.72. The Hall–Kier alpha value is -2.43. The van der Waals surface area contributed by atoms with Crippen molar-refractivity contribution in [2.75, 3.05) is 5.32 Å². The van der Waals surface area contributed by atoms with E-state index in [0.717, 1.165) is 16.7 Å². The number of hydrogen-bond acceptors (Lipinski definition) is 4. The molecule has 5 heteroatoms. The minimum Gasteiger partial charge on any atom is -0.362 e. The van der Waals surface area contributed by atoms with E-state index in [-0.39, 0.29) is 6.17 Å². The number of fused-ring (bicyclic) bond motifs is 1. The molecule has 1 N–H and O–H groups in total. The second kappa shape index (κ2) is 5.28. The molecule has 0 fully saturated rings. The van der Waals surface area contributed by atoms with Gasteiger partial charge in [-0.2, -0.15) is 0 Å². The maximum absolute atomic E-state index is 4.30. The van der Waals surface area contributed by atoms with E-state index in [9.17, 15) is 0 Å². The zero-order valence-electron chi connectivity index (χ0n) is 11.6. The van der Waals surface area contributed by atoms with E-state index in [1.54, 1.807) is 6.20 Å². The van der Waals surface area contributed by atoms with E-state index < -0.39 is 0 Å². The van der Waals surface area contributed by atoms with E-state index in [0.29, 0.717) is 5.92 Å². The Kier molecular flexibility index (Phi) is 3.33. The topological polar surface area (TPSA) is 55.6 Å². The summed E-state index contributed by atoms with van der Waals surface area (Å²) in [7, 11) is 0. The van der Waals surface area contributed by atoms with Crippen molar-refractivity contribution < 1.29 is 0 Å². The van der Waals surface area contributed by atoms with E-state index >= 15 is 0 Å². The van der Waals surface area contributed by atoms with E-state index in [1.165, 1.54) is 0 Å². The van der Waals surface area contributed by atoms with Crippen LogP contribution in [-0.2, 0) is 0 Å². The van der Waals surface area contributed by atoms with Gasteiger partial charge in [0.25, 0.3) is 0 Å². The highest BCUT2D eigenvalue weighted by Crippen LogP contribution is 2.23. The number of para-hydroxylation sites is 1. The maximum Gasteiger partial charge on any atom is 0.125 e. The lowest BCUT2D eigenvalue weighted by Gasteiger charge is -2.23. The lowest BCUT2D eigenvalue weighted by atomic mass is 10.1. The van der Waals surface area contributed by atoms with Crippen LogP contribution in [0.15, 0.2) is 48.8 Å². The molecule has 3 rings (SSSR count). The number of pyridine rings is 1. The fourth-order valence-corrected chi connectivity index (χ4v) is 2.22. The molecule has 1 atom stereocenters. The standard InChI is InChI=1S/C15H17N5/c1-11(2)15(17-12-6-5-9-16-10-12)20-14-8-4-3-7-13(14)18-19-20/h3-11,15,17H,1-2H3. The van der Waals surface area contributed by atoms with Crippen LogP contribution < -0.4 is 5.32 Å². The number of nitrogens with one attached hydrogen (secondary N) is 1. The van der Waals surface area contributed by atoms with Crippen molar-refractivity contribution >= 4 is 16.7 Å². The molecule has 0 radical (unpaired) electrons. The molecular formula is C15H17N5. The van der Waals surface area contributed by atoms with Crippen LogP contribution in [0.4, 0.5) is 5.69 Å². The number of hydrogen-bond donors (Lipinski definition) is 1. The largest absolute Gasteiger partial charge is 0.362 e. The fraction of sp³-hybridized carbons (Fsp3) is 0.267. The van der Waals surface area contributed by atoms with Gasteiger partial charge in [-0.15, -0.1) is 5.10 Å². The second-order valence-corrected chi connectivity index (χ2v) is 5.10. The predicted octanol–water partition coefficient (Wildman–Crippen LogP) is 3.09. The minimum atomic E-state index is 0.0339. The number of benzene rings is 1. The molecule has 2 heterocycles. The maximum atomic E-state index is 4.30. The van der Waals surface area contributed by atoms with E-state index in [2.05, 4.69) is 34.5 Å². The zero-order chi connectivity index (χ0) is 13.9. The average Bonchev–Trinajstić information content (AvgIpc) is 2.89. The average molecular weight is 267 g/mol. The summed E-state index contributed by atoms with van der Waals surface area (Å²) in [5.41, 5.74) is 2.92. The van der Waals surface area contributed by atoms with Crippen LogP contribution in [-0.4, -0.2) is 20.0 Å². The van der Waals surface area contributed by atoms with Crippen LogP contribution in [0.2, 0.25) is 0 Å². The summed E-state index contributed by atoms with van der Waals surface area (Å²) in [6.07, 6.45) is 3.61. The lowest BCUT2D eigenvalue weighted by Crippen LogP contribution is -2.24. The number of rotatable bonds is 4. The van der Waals surface area contributed by atoms with Gasteiger partial charge >= 0.3 is 0 Å². The van der Waals surface area contributed by atoms with Crippen molar-refractivity contribution in [3.05, 3.63) is 48.8 Å². The summed E-state index contributed by atoms with van der Waals surface area (Å²) in [5, 5.41) is 12.0. The Morgan fingerprint density at radius 1 is 1.10 bits per heavy atom. The summed E-state index contributed by atoms with van der Waals surface area (Å²) in [6.45, 7) is 4.31. The molecule has 2 aromatic heterocycles. The Morgan fingerprint density at radius 3 is 2.70 bits per heavy atom. The van der Waals surface area contributed by atoms with Crippen LogP contribution >= 0.6 is 0 Å². The van der Waals surface area contributed by atoms with Crippen LogP contribution in [0.5, 0.6) is 0 Å². The quantitative estimate of drug-likeness (QED) is 0.789. The molecule has 20 heavy (non-hydrogen) atoms. The monoisotopic (exact) mass is 267 g/mol. The van der Waals surface area contributed by atoms with Gasteiger partial charge < -0.3 is 5.32 Å². The van der Waals surface area contributed by atoms with Crippen molar-refractivity contribution in [3.8, 4) is 0 Å². The fourth-order valence-electron chi connectivity index (χ4n) is 2.22. The summed E-state index contributed by atoms with van der Waals surface area (Å²) < 4.78 is 1.94. The highest BCUT2D eigenvalue weighted by molar-refractivity contribution is 5.74. The molecule has 0 amide bonds. The molecule has 1 unspecified atom stereocenters. The van der Waals surface area contributed by atoms with Crippen LogP contribution in [0.1, 0.15) is 20.0 Å². The SMILES string of the molecule is CC(C)C(Nc1cccnc1)n1nnc2ccccc21. The molecule has 0 aliphatic heterocycles. The lowest BCUT2D eigenvalue weighted by molar-refractivity contribution is 0.388. The van der Waals surface area contributed by atoms with Crippen molar-refractivity contribution in [2.24, 2.45) is 5.92 Å². The van der Waals surface area contributed by atoms with Crippen molar-refractivity contribution in [1.29, 1.82) is 0 Å². The third-order valence-electron chi connectivity index (χ3n) is 3.25. The van der Waals surface area contributed by atoms with Crippen molar-refractivity contribution in [3.63, 3.8) is 0 Å². The van der Waals surface area contributed by atoms with E-state index in [1.807, 2.05) is 47.3 Å². The minimum absolute atomic E-state index is 0.0339. The van der Waals surface area contributed by atoms with Gasteiger partial charge in [0.2, 0.25) is 0 Å². The Balaban J connectivity index is 1.98. The Morgan fingerprint density at radius 2 is 1.95 bits per heavy atom. The van der Waals surface area contributed by atoms with Gasteiger partial charge in [-0.05, 0) is 30.2 Å². The van der Waals surface area contributed by atoms with Crippen molar-refractivity contribution in [1.82, 2.24) is 20.0 Å². The number of aromatic nitrogens is 4. The molecule has 0 spiro atoms. The van der Waals surface area contributed by atoms with Gasteiger partial charge in [0.1, 0.15) is 11.7 Å². The summed E-state index contributed by atoms with van der Waals surface area (Å²) in [4.78, 5) is 4.13. The highest BCUT2D eigenvalue weighted by Gasteiger charge is 2.19. The number of anilines is 1. The van der Waals surface area contributed by atoms with Gasteiger partial charge in [0.05, 0.1) is 11.2 Å². The number of nitrogens with zero attached hydrogens (tertiary/aromatic N) is 4. The third-order valence-corrected chi connectivity index (χ3v) is 3.25. The molecule has 0 bridgehead atoms. The first-order chi connectivity index (χ1) is 9.75. The summed E-state index contributed by atoms with van der Waals surface area (Å²) in [5.74, 6) is 0.361. The Labute approximate surface area is 117 Å². The molecule has 0 saturated heterocycles. The van der Waals surface area contributed by atoms with Crippen LogP contribution in [0.3, 0.4) is 0 Å². The van der Waals surface area contributed by atoms with Crippen molar-refractivity contribution in [2.45, 2.75) is 20.0 Å². The molecule has 102 valence electrons. The summed E-state index contributed by atoms with van der Waals surface area (Å²) in [6, 6.07) is 11.9. The first-order valence-corrected chi connectivity index (χ1v) is 6.72. The van der Waals surface area contributed by atoms with Gasteiger partial charge in [-0.1, -0.05) is 31.2 Å². The first kappa shape index (κ1) is 12.6. The Bertz CT molecular complexity index is 690.